The standard InChI is InChI=1S/C14H28N2O/c1-16(11-12-4-3-9-15-10-12)13-5-7-14(17-2)8-6-13/h12-15H,3-11H2,1-2H3. The van der Waals surface area contributed by atoms with E-state index in [-0.39, 0.29) is 0 Å². The van der Waals surface area contributed by atoms with Crippen LogP contribution in [0, 0.1) is 5.92 Å². The highest BCUT2D eigenvalue weighted by Gasteiger charge is 2.25. The van der Waals surface area contributed by atoms with Gasteiger partial charge in [0.1, 0.15) is 0 Å². The minimum absolute atomic E-state index is 0.524. The second-order valence-electron chi connectivity index (χ2n) is 5.82. The van der Waals surface area contributed by atoms with Crippen molar-refractivity contribution in [3.63, 3.8) is 0 Å². The molecule has 1 unspecified atom stereocenters. The predicted molar refractivity (Wildman–Crippen MR) is 71.3 cm³/mol. The van der Waals surface area contributed by atoms with E-state index in [9.17, 15) is 0 Å². The van der Waals surface area contributed by atoms with Crippen molar-refractivity contribution in [3.05, 3.63) is 0 Å². The Morgan fingerprint density at radius 2 is 1.94 bits per heavy atom. The highest BCUT2D eigenvalue weighted by Crippen LogP contribution is 2.25. The molecule has 0 aromatic carbocycles. The van der Waals surface area contributed by atoms with Crippen molar-refractivity contribution >= 4 is 0 Å². The van der Waals surface area contributed by atoms with E-state index >= 15 is 0 Å². The van der Waals surface area contributed by atoms with Crippen LogP contribution in [0.1, 0.15) is 38.5 Å². The molecule has 3 heteroatoms. The maximum absolute atomic E-state index is 5.44. The topological polar surface area (TPSA) is 24.5 Å². The summed E-state index contributed by atoms with van der Waals surface area (Å²) >= 11 is 0. The summed E-state index contributed by atoms with van der Waals surface area (Å²) in [7, 11) is 4.16. The van der Waals surface area contributed by atoms with Gasteiger partial charge >= 0.3 is 0 Å². The molecule has 1 heterocycles. The largest absolute Gasteiger partial charge is 0.381 e. The van der Waals surface area contributed by atoms with Gasteiger partial charge in [0.15, 0.2) is 0 Å². The molecule has 1 saturated heterocycles. The van der Waals surface area contributed by atoms with Crippen LogP contribution in [0.15, 0.2) is 0 Å². The summed E-state index contributed by atoms with van der Waals surface area (Å²) in [4.78, 5) is 2.60. The van der Waals surface area contributed by atoms with Crippen molar-refractivity contribution in [1.29, 1.82) is 0 Å². The van der Waals surface area contributed by atoms with Crippen LogP contribution in [-0.2, 0) is 4.74 Å². The first-order chi connectivity index (χ1) is 8.29. The van der Waals surface area contributed by atoms with Gasteiger partial charge in [0, 0.05) is 19.7 Å². The summed E-state index contributed by atoms with van der Waals surface area (Å²) in [6.45, 7) is 3.71. The Labute approximate surface area is 106 Å². The van der Waals surface area contributed by atoms with E-state index in [0.717, 1.165) is 12.0 Å². The normalized spacial score (nSPS) is 35.1. The Balaban J connectivity index is 1.70. The van der Waals surface area contributed by atoms with Crippen LogP contribution in [0.3, 0.4) is 0 Å². The van der Waals surface area contributed by atoms with Gasteiger partial charge in [-0.1, -0.05) is 0 Å². The first kappa shape index (κ1) is 13.3. The van der Waals surface area contributed by atoms with Crippen molar-refractivity contribution in [2.24, 2.45) is 5.92 Å². The molecule has 100 valence electrons. The zero-order valence-corrected chi connectivity index (χ0v) is 11.5. The van der Waals surface area contributed by atoms with Crippen LogP contribution < -0.4 is 5.32 Å². The van der Waals surface area contributed by atoms with Crippen LogP contribution in [0.2, 0.25) is 0 Å². The average molecular weight is 240 g/mol. The zero-order chi connectivity index (χ0) is 12.1. The molecule has 2 rings (SSSR count). The Morgan fingerprint density at radius 3 is 2.53 bits per heavy atom. The third-order valence-corrected chi connectivity index (χ3v) is 4.55. The first-order valence-electron chi connectivity index (χ1n) is 7.23. The minimum atomic E-state index is 0.524. The third-order valence-electron chi connectivity index (χ3n) is 4.55. The van der Waals surface area contributed by atoms with Crippen LogP contribution in [0.4, 0.5) is 0 Å². The number of ether oxygens (including phenoxy) is 1. The first-order valence-corrected chi connectivity index (χ1v) is 7.23. The summed E-state index contributed by atoms with van der Waals surface area (Å²) < 4.78 is 5.44. The van der Waals surface area contributed by atoms with Crippen LogP contribution in [-0.4, -0.2) is 50.8 Å². The van der Waals surface area contributed by atoms with Crippen molar-refractivity contribution in [3.8, 4) is 0 Å². The van der Waals surface area contributed by atoms with E-state index in [2.05, 4.69) is 17.3 Å². The van der Waals surface area contributed by atoms with Gasteiger partial charge in [0.25, 0.3) is 0 Å². The maximum Gasteiger partial charge on any atom is 0.0572 e. The second-order valence-corrected chi connectivity index (χ2v) is 5.82. The molecule has 3 nitrogen and oxygen atoms in total. The molecule has 2 aliphatic rings. The number of hydrogen-bond donors (Lipinski definition) is 1. The maximum atomic E-state index is 5.44. The van der Waals surface area contributed by atoms with E-state index in [1.807, 2.05) is 7.11 Å². The SMILES string of the molecule is COC1CCC(N(C)CC2CCCNC2)CC1. The number of rotatable bonds is 4. The molecule has 1 aliphatic heterocycles. The fraction of sp³-hybridized carbons (Fsp3) is 1.00. The number of methoxy groups -OCH3 is 1. The summed E-state index contributed by atoms with van der Waals surface area (Å²) in [5.74, 6) is 0.869. The molecule has 1 saturated carbocycles. The fourth-order valence-corrected chi connectivity index (χ4v) is 3.36. The van der Waals surface area contributed by atoms with E-state index in [1.165, 1.54) is 58.2 Å². The molecule has 0 bridgehead atoms. The smallest absolute Gasteiger partial charge is 0.0572 e. The fourth-order valence-electron chi connectivity index (χ4n) is 3.36. The van der Waals surface area contributed by atoms with Gasteiger partial charge in [-0.25, -0.2) is 0 Å². The summed E-state index contributed by atoms with van der Waals surface area (Å²) in [5, 5.41) is 3.51. The van der Waals surface area contributed by atoms with E-state index in [0.29, 0.717) is 6.10 Å². The van der Waals surface area contributed by atoms with Crippen molar-refractivity contribution < 1.29 is 4.74 Å². The molecule has 0 spiro atoms. The number of piperidine rings is 1. The summed E-state index contributed by atoms with van der Waals surface area (Å²) in [6, 6.07) is 0.795. The van der Waals surface area contributed by atoms with Gasteiger partial charge in [-0.15, -0.1) is 0 Å². The lowest BCUT2D eigenvalue weighted by Gasteiger charge is -2.36. The van der Waals surface area contributed by atoms with Crippen molar-refractivity contribution in [2.75, 3.05) is 33.8 Å². The van der Waals surface area contributed by atoms with Gasteiger partial charge < -0.3 is 15.0 Å². The molecule has 17 heavy (non-hydrogen) atoms. The molecule has 0 aromatic heterocycles. The molecular weight excluding hydrogens is 212 g/mol. The minimum Gasteiger partial charge on any atom is -0.381 e. The van der Waals surface area contributed by atoms with Crippen molar-refractivity contribution in [2.45, 2.75) is 50.7 Å². The molecule has 0 radical (unpaired) electrons. The molecular formula is C14H28N2O. The summed E-state index contributed by atoms with van der Waals surface area (Å²) in [6.07, 6.45) is 8.41. The van der Waals surface area contributed by atoms with Gasteiger partial charge in [-0.2, -0.15) is 0 Å². The third kappa shape index (κ3) is 3.94. The van der Waals surface area contributed by atoms with Gasteiger partial charge in [0.2, 0.25) is 0 Å². The van der Waals surface area contributed by atoms with E-state index < -0.39 is 0 Å². The van der Waals surface area contributed by atoms with E-state index in [1.54, 1.807) is 0 Å². The monoisotopic (exact) mass is 240 g/mol. The van der Waals surface area contributed by atoms with Crippen molar-refractivity contribution in [1.82, 2.24) is 10.2 Å². The average Bonchev–Trinajstić information content (AvgIpc) is 2.40. The van der Waals surface area contributed by atoms with Crippen LogP contribution >= 0.6 is 0 Å². The van der Waals surface area contributed by atoms with Gasteiger partial charge in [-0.3, -0.25) is 0 Å². The summed E-state index contributed by atoms with van der Waals surface area (Å²) in [5.41, 5.74) is 0. The second kappa shape index (κ2) is 6.72. The lowest BCUT2D eigenvalue weighted by atomic mass is 9.91. The number of nitrogens with one attached hydrogen (secondary N) is 1. The molecule has 1 atom stereocenters. The quantitative estimate of drug-likeness (QED) is 0.812. The van der Waals surface area contributed by atoms with Crippen LogP contribution in [0.25, 0.3) is 0 Å². The molecule has 0 aromatic rings. The van der Waals surface area contributed by atoms with Gasteiger partial charge in [0.05, 0.1) is 6.10 Å². The van der Waals surface area contributed by atoms with Gasteiger partial charge in [-0.05, 0) is 64.6 Å². The molecule has 1 N–H and O–H groups in total. The number of hydrogen-bond acceptors (Lipinski definition) is 3. The zero-order valence-electron chi connectivity index (χ0n) is 11.5. The molecule has 2 fully saturated rings. The highest BCUT2D eigenvalue weighted by molar-refractivity contribution is 4.81. The Bertz CT molecular complexity index is 208. The van der Waals surface area contributed by atoms with E-state index in [4.69, 9.17) is 4.74 Å². The Morgan fingerprint density at radius 1 is 1.18 bits per heavy atom. The Hall–Kier alpha value is -0.120. The van der Waals surface area contributed by atoms with Crippen LogP contribution in [0.5, 0.6) is 0 Å². The predicted octanol–water partition coefficient (Wildman–Crippen LogP) is 1.88. The lowest BCUT2D eigenvalue weighted by molar-refractivity contribution is 0.0403. The lowest BCUT2D eigenvalue weighted by Crippen LogP contribution is -2.42. The highest BCUT2D eigenvalue weighted by atomic mass is 16.5. The molecule has 0 amide bonds. The molecule has 1 aliphatic carbocycles. The Kier molecular flexibility index (Phi) is 5.26. The number of nitrogens with zero attached hydrogens (tertiary/aromatic N) is 1.